The average molecular weight is 335 g/mol. The van der Waals surface area contributed by atoms with Crippen LogP contribution in [0.1, 0.15) is 12.8 Å². The lowest BCUT2D eigenvalue weighted by molar-refractivity contribution is 0.339. The molecule has 4 rings (SSSR count). The van der Waals surface area contributed by atoms with E-state index in [1.165, 1.54) is 30.7 Å². The maximum Gasteiger partial charge on any atom is 0.123 e. The zero-order chi connectivity index (χ0) is 17.1. The number of hydrogen-bond donors (Lipinski definition) is 1. The summed E-state index contributed by atoms with van der Waals surface area (Å²) in [5.41, 5.74) is 4.49. The molecule has 1 aromatic carbocycles. The molecule has 1 N–H and O–H groups in total. The van der Waals surface area contributed by atoms with Gasteiger partial charge in [-0.1, -0.05) is 12.1 Å². The Labute approximate surface area is 147 Å². The highest BCUT2D eigenvalue weighted by Crippen LogP contribution is 2.34. The molecule has 0 aliphatic carbocycles. The van der Waals surface area contributed by atoms with Gasteiger partial charge in [0.25, 0.3) is 0 Å². The zero-order valence-corrected chi connectivity index (χ0v) is 14.2. The highest BCUT2D eigenvalue weighted by molar-refractivity contribution is 5.81. The Morgan fingerprint density at radius 3 is 2.56 bits per heavy atom. The van der Waals surface area contributed by atoms with Gasteiger partial charge >= 0.3 is 0 Å². The van der Waals surface area contributed by atoms with Crippen molar-refractivity contribution in [2.75, 3.05) is 13.1 Å². The molecule has 3 nitrogen and oxygen atoms in total. The molecule has 3 aromatic rings. The van der Waals surface area contributed by atoms with E-state index in [-0.39, 0.29) is 5.82 Å². The van der Waals surface area contributed by atoms with Gasteiger partial charge in [0, 0.05) is 36.3 Å². The molecular formula is C21H22FN3. The Morgan fingerprint density at radius 2 is 1.84 bits per heavy atom. The molecule has 0 saturated carbocycles. The summed E-state index contributed by atoms with van der Waals surface area (Å²) in [6.07, 6.45) is 8.30. The molecule has 25 heavy (non-hydrogen) atoms. The molecule has 1 atom stereocenters. The standard InChI is InChI=1S/C21H22FN3/c22-19-5-3-17(4-6-19)20-9-13-25(15-16-2-1-10-24-14-16)21(20)18-7-11-23-12-8-18/h3-9,11-13,16,24H,1-2,10,14-15H2. The number of pyridine rings is 1. The zero-order valence-electron chi connectivity index (χ0n) is 14.2. The van der Waals surface area contributed by atoms with Gasteiger partial charge in [0.1, 0.15) is 5.82 Å². The number of hydrogen-bond acceptors (Lipinski definition) is 2. The molecule has 1 fully saturated rings. The summed E-state index contributed by atoms with van der Waals surface area (Å²) in [5.74, 6) is 0.435. The Hall–Kier alpha value is -2.46. The van der Waals surface area contributed by atoms with Crippen LogP contribution in [0, 0.1) is 11.7 Å². The number of nitrogens with zero attached hydrogens (tertiary/aromatic N) is 2. The summed E-state index contributed by atoms with van der Waals surface area (Å²) in [5, 5.41) is 3.49. The Morgan fingerprint density at radius 1 is 1.04 bits per heavy atom. The van der Waals surface area contributed by atoms with E-state index in [2.05, 4.69) is 27.1 Å². The minimum absolute atomic E-state index is 0.207. The Kier molecular flexibility index (Phi) is 4.61. The quantitative estimate of drug-likeness (QED) is 0.768. The molecule has 0 amide bonds. The molecule has 1 aliphatic heterocycles. The first-order valence-electron chi connectivity index (χ1n) is 8.87. The number of nitrogens with one attached hydrogen (secondary N) is 1. The van der Waals surface area contributed by atoms with Gasteiger partial charge < -0.3 is 9.88 Å². The highest BCUT2D eigenvalue weighted by atomic mass is 19.1. The van der Waals surface area contributed by atoms with E-state index in [4.69, 9.17) is 0 Å². The number of aromatic nitrogens is 2. The molecule has 0 bridgehead atoms. The van der Waals surface area contributed by atoms with Crippen LogP contribution in [0.25, 0.3) is 22.4 Å². The van der Waals surface area contributed by atoms with Gasteiger partial charge in [0.15, 0.2) is 0 Å². The number of benzene rings is 1. The van der Waals surface area contributed by atoms with E-state index in [1.807, 2.05) is 36.7 Å². The number of rotatable bonds is 4. The van der Waals surface area contributed by atoms with Crippen molar-refractivity contribution in [1.82, 2.24) is 14.9 Å². The summed E-state index contributed by atoms with van der Waals surface area (Å²) in [7, 11) is 0. The fourth-order valence-corrected chi connectivity index (χ4v) is 3.68. The van der Waals surface area contributed by atoms with Gasteiger partial charge in [-0.2, -0.15) is 0 Å². The van der Waals surface area contributed by atoms with E-state index in [0.29, 0.717) is 5.92 Å². The van der Waals surface area contributed by atoms with Gasteiger partial charge in [-0.25, -0.2) is 4.39 Å². The highest BCUT2D eigenvalue weighted by Gasteiger charge is 2.18. The van der Waals surface area contributed by atoms with Crippen molar-refractivity contribution in [3.05, 3.63) is 66.9 Å². The van der Waals surface area contributed by atoms with E-state index < -0.39 is 0 Å². The van der Waals surface area contributed by atoms with Crippen molar-refractivity contribution in [2.45, 2.75) is 19.4 Å². The molecule has 0 radical (unpaired) electrons. The molecule has 1 unspecified atom stereocenters. The minimum atomic E-state index is -0.207. The third-order valence-electron chi connectivity index (χ3n) is 4.93. The molecule has 1 saturated heterocycles. The first kappa shape index (κ1) is 16.0. The average Bonchev–Trinajstić information content (AvgIpc) is 3.07. The first-order chi connectivity index (χ1) is 12.3. The van der Waals surface area contributed by atoms with E-state index in [0.717, 1.165) is 36.3 Å². The first-order valence-corrected chi connectivity index (χ1v) is 8.87. The minimum Gasteiger partial charge on any atom is -0.347 e. The molecule has 128 valence electrons. The van der Waals surface area contributed by atoms with Crippen molar-refractivity contribution in [2.24, 2.45) is 5.92 Å². The lowest BCUT2D eigenvalue weighted by Crippen LogP contribution is -2.32. The van der Waals surface area contributed by atoms with Gasteiger partial charge in [-0.05, 0) is 67.7 Å². The predicted molar refractivity (Wildman–Crippen MR) is 98.7 cm³/mol. The van der Waals surface area contributed by atoms with Crippen LogP contribution >= 0.6 is 0 Å². The van der Waals surface area contributed by atoms with Crippen molar-refractivity contribution in [1.29, 1.82) is 0 Å². The molecular weight excluding hydrogens is 313 g/mol. The van der Waals surface area contributed by atoms with Crippen LogP contribution < -0.4 is 5.32 Å². The topological polar surface area (TPSA) is 29.9 Å². The lowest BCUT2D eigenvalue weighted by atomic mass is 9.98. The van der Waals surface area contributed by atoms with E-state index in [9.17, 15) is 4.39 Å². The molecule has 1 aliphatic rings. The van der Waals surface area contributed by atoms with Crippen LogP contribution in [-0.4, -0.2) is 22.6 Å². The van der Waals surface area contributed by atoms with Crippen LogP contribution in [0.15, 0.2) is 61.1 Å². The van der Waals surface area contributed by atoms with Gasteiger partial charge in [0.05, 0.1) is 5.69 Å². The fraction of sp³-hybridized carbons (Fsp3) is 0.286. The molecule has 4 heteroatoms. The van der Waals surface area contributed by atoms with Crippen LogP contribution in [0.2, 0.25) is 0 Å². The van der Waals surface area contributed by atoms with E-state index in [1.54, 1.807) is 0 Å². The molecule has 0 spiro atoms. The molecule has 3 heterocycles. The summed E-state index contributed by atoms with van der Waals surface area (Å²) >= 11 is 0. The summed E-state index contributed by atoms with van der Waals surface area (Å²) in [4.78, 5) is 4.15. The normalized spacial score (nSPS) is 17.6. The Balaban J connectivity index is 1.75. The smallest absolute Gasteiger partial charge is 0.123 e. The van der Waals surface area contributed by atoms with Gasteiger partial charge in [0.2, 0.25) is 0 Å². The van der Waals surface area contributed by atoms with Crippen LogP contribution in [0.5, 0.6) is 0 Å². The van der Waals surface area contributed by atoms with Crippen molar-refractivity contribution < 1.29 is 4.39 Å². The van der Waals surface area contributed by atoms with Gasteiger partial charge in [-0.15, -0.1) is 0 Å². The van der Waals surface area contributed by atoms with Crippen molar-refractivity contribution >= 4 is 0 Å². The fourth-order valence-electron chi connectivity index (χ4n) is 3.68. The second-order valence-corrected chi connectivity index (χ2v) is 6.69. The maximum absolute atomic E-state index is 13.3. The summed E-state index contributed by atoms with van der Waals surface area (Å²) in [6, 6.07) is 13.0. The third-order valence-corrected chi connectivity index (χ3v) is 4.93. The summed E-state index contributed by atoms with van der Waals surface area (Å²) in [6.45, 7) is 3.19. The lowest BCUT2D eigenvalue weighted by Gasteiger charge is -2.24. The SMILES string of the molecule is Fc1ccc(-c2ccn(CC3CCCNC3)c2-c2ccncc2)cc1. The third kappa shape index (κ3) is 3.49. The maximum atomic E-state index is 13.3. The van der Waals surface area contributed by atoms with E-state index >= 15 is 0 Å². The van der Waals surface area contributed by atoms with Crippen LogP contribution in [-0.2, 0) is 6.54 Å². The number of piperidine rings is 1. The monoisotopic (exact) mass is 335 g/mol. The van der Waals surface area contributed by atoms with Crippen LogP contribution in [0.4, 0.5) is 4.39 Å². The van der Waals surface area contributed by atoms with Crippen LogP contribution in [0.3, 0.4) is 0 Å². The van der Waals surface area contributed by atoms with Crippen molar-refractivity contribution in [3.8, 4) is 22.4 Å². The second-order valence-electron chi connectivity index (χ2n) is 6.69. The number of halogens is 1. The van der Waals surface area contributed by atoms with Gasteiger partial charge in [-0.3, -0.25) is 4.98 Å². The van der Waals surface area contributed by atoms with Crippen molar-refractivity contribution in [3.63, 3.8) is 0 Å². The largest absolute Gasteiger partial charge is 0.347 e. The molecule has 2 aromatic heterocycles. The second kappa shape index (κ2) is 7.19. The summed E-state index contributed by atoms with van der Waals surface area (Å²) < 4.78 is 15.7. The Bertz CT molecular complexity index is 818. The predicted octanol–water partition coefficient (Wildman–Crippen LogP) is 4.36.